The summed E-state index contributed by atoms with van der Waals surface area (Å²) in [6, 6.07) is 35.4. The summed E-state index contributed by atoms with van der Waals surface area (Å²) in [5, 5.41) is 20.1. The summed E-state index contributed by atoms with van der Waals surface area (Å²) < 4.78 is 12.9. The summed E-state index contributed by atoms with van der Waals surface area (Å²) in [5.41, 5.74) is 8.40. The van der Waals surface area contributed by atoms with E-state index in [2.05, 4.69) is 52.0 Å². The fourth-order valence-electron chi connectivity index (χ4n) is 6.18. The first-order valence-electron chi connectivity index (χ1n) is 16.8. The minimum Gasteiger partial charge on any atom is -0.508 e. The van der Waals surface area contributed by atoms with Crippen molar-refractivity contribution in [3.05, 3.63) is 154 Å². The maximum atomic E-state index is 10.1. The third-order valence-corrected chi connectivity index (χ3v) is 9.77. The molecule has 0 saturated carbocycles. The Kier molecular flexibility index (Phi) is 9.15. The molecule has 0 aliphatic carbocycles. The Labute approximate surface area is 295 Å². The zero-order valence-electron chi connectivity index (χ0n) is 30.0. The number of rotatable bonds is 9. The third kappa shape index (κ3) is 6.92. The van der Waals surface area contributed by atoms with Gasteiger partial charge in [-0.1, -0.05) is 107 Å². The SMILES string of the molecule is Cc1cc(C(C)(C)c2ccc(Oc3cc(Oc4ccc(C(C)(C)c5ccc(O)c(C)c5)cc4C)nc(-c4ccccc4)n3)c(C)c2)ccc1O. The molecule has 6 rings (SSSR count). The summed E-state index contributed by atoms with van der Waals surface area (Å²) in [6.07, 6.45) is 0. The normalized spacial score (nSPS) is 11.8. The van der Waals surface area contributed by atoms with Gasteiger partial charge >= 0.3 is 0 Å². The average Bonchev–Trinajstić information content (AvgIpc) is 3.09. The van der Waals surface area contributed by atoms with Gasteiger partial charge in [-0.3, -0.25) is 0 Å². The number of benzene rings is 5. The zero-order chi connectivity index (χ0) is 35.8. The van der Waals surface area contributed by atoms with Crippen molar-refractivity contribution in [3.8, 4) is 46.1 Å². The van der Waals surface area contributed by atoms with Crippen LogP contribution in [0.4, 0.5) is 0 Å². The molecule has 0 aliphatic rings. The van der Waals surface area contributed by atoms with E-state index in [1.54, 1.807) is 18.2 Å². The first kappa shape index (κ1) is 34.3. The number of aryl methyl sites for hydroxylation is 4. The number of nitrogens with zero attached hydrogens (tertiary/aromatic N) is 2. The lowest BCUT2D eigenvalue weighted by molar-refractivity contribution is 0.431. The van der Waals surface area contributed by atoms with E-state index in [-0.39, 0.29) is 10.8 Å². The van der Waals surface area contributed by atoms with Gasteiger partial charge < -0.3 is 19.7 Å². The first-order chi connectivity index (χ1) is 23.7. The zero-order valence-corrected chi connectivity index (χ0v) is 30.0. The molecule has 0 unspecified atom stereocenters. The molecule has 6 nitrogen and oxygen atoms in total. The lowest BCUT2D eigenvalue weighted by Gasteiger charge is -2.27. The summed E-state index contributed by atoms with van der Waals surface area (Å²) in [6.45, 7) is 16.6. The highest BCUT2D eigenvalue weighted by molar-refractivity contribution is 5.57. The number of ether oxygens (including phenoxy) is 2. The van der Waals surface area contributed by atoms with Crippen LogP contribution in [0.3, 0.4) is 0 Å². The van der Waals surface area contributed by atoms with Crippen molar-refractivity contribution < 1.29 is 19.7 Å². The maximum absolute atomic E-state index is 10.1. The molecule has 1 aromatic heterocycles. The second kappa shape index (κ2) is 13.4. The smallest absolute Gasteiger partial charge is 0.226 e. The van der Waals surface area contributed by atoms with E-state index in [1.807, 2.05) is 94.4 Å². The summed E-state index contributed by atoms with van der Waals surface area (Å²) in [4.78, 5) is 9.56. The van der Waals surface area contributed by atoms with Crippen molar-refractivity contribution in [3.63, 3.8) is 0 Å². The van der Waals surface area contributed by atoms with Gasteiger partial charge in [-0.05, 0) is 96.5 Å². The molecule has 0 aliphatic heterocycles. The van der Waals surface area contributed by atoms with Gasteiger partial charge in [-0.2, -0.15) is 9.97 Å². The van der Waals surface area contributed by atoms with Gasteiger partial charge in [0.1, 0.15) is 23.0 Å². The Morgan fingerprint density at radius 1 is 0.460 bits per heavy atom. The summed E-state index contributed by atoms with van der Waals surface area (Å²) in [7, 11) is 0. The first-order valence-corrected chi connectivity index (χ1v) is 16.8. The number of hydrogen-bond acceptors (Lipinski definition) is 6. The Balaban J connectivity index is 1.30. The standard InChI is InChI=1S/C44H44N2O4/c1-27-22-32(14-18-36(27)47)43(5,6)34-16-20-38(29(3)24-34)49-40-26-41(46-42(45-40)31-12-10-9-11-13-31)50-39-21-17-35(25-30(39)4)44(7,8)33-15-19-37(48)28(2)23-33/h9-26,47-48H,1-8H3. The average molecular weight is 665 g/mol. The van der Waals surface area contributed by atoms with Gasteiger partial charge in [0.25, 0.3) is 0 Å². The molecule has 0 fully saturated rings. The second-order valence-corrected chi connectivity index (χ2v) is 14.2. The Hall–Kier alpha value is -5.62. The number of phenols is 2. The fraction of sp³-hybridized carbons (Fsp3) is 0.227. The number of aromatic nitrogens is 2. The molecule has 1 heterocycles. The van der Waals surface area contributed by atoms with Crippen LogP contribution in [-0.4, -0.2) is 20.2 Å². The van der Waals surface area contributed by atoms with Crippen LogP contribution in [-0.2, 0) is 10.8 Å². The Morgan fingerprint density at radius 3 is 1.22 bits per heavy atom. The highest BCUT2D eigenvalue weighted by Crippen LogP contribution is 2.39. The lowest BCUT2D eigenvalue weighted by Crippen LogP contribution is -2.19. The molecule has 0 bridgehead atoms. The third-order valence-electron chi connectivity index (χ3n) is 9.77. The van der Waals surface area contributed by atoms with Gasteiger partial charge in [0.2, 0.25) is 11.8 Å². The Bertz CT molecular complexity index is 2050. The van der Waals surface area contributed by atoms with Gasteiger partial charge in [-0.25, -0.2) is 0 Å². The van der Waals surface area contributed by atoms with E-state index in [4.69, 9.17) is 19.4 Å². The topological polar surface area (TPSA) is 84.7 Å². The van der Waals surface area contributed by atoms with Gasteiger partial charge in [0, 0.05) is 16.4 Å². The van der Waals surface area contributed by atoms with Crippen LogP contribution in [0.15, 0.2) is 109 Å². The molecule has 5 aromatic carbocycles. The van der Waals surface area contributed by atoms with E-state index in [0.717, 1.165) is 50.1 Å². The van der Waals surface area contributed by atoms with Crippen LogP contribution >= 0.6 is 0 Å². The number of phenolic OH excluding ortho intramolecular Hbond substituents is 2. The van der Waals surface area contributed by atoms with Crippen molar-refractivity contribution in [1.29, 1.82) is 0 Å². The van der Waals surface area contributed by atoms with Crippen molar-refractivity contribution in [2.45, 2.75) is 66.2 Å². The van der Waals surface area contributed by atoms with E-state index in [0.29, 0.717) is 40.6 Å². The molecule has 0 amide bonds. The van der Waals surface area contributed by atoms with E-state index in [1.165, 1.54) is 0 Å². The highest BCUT2D eigenvalue weighted by atomic mass is 16.5. The maximum Gasteiger partial charge on any atom is 0.226 e. The molecule has 0 saturated heterocycles. The van der Waals surface area contributed by atoms with E-state index >= 15 is 0 Å². The minimum absolute atomic E-state index is 0.288. The number of hydrogen-bond donors (Lipinski definition) is 2. The fourth-order valence-corrected chi connectivity index (χ4v) is 6.18. The molecule has 6 aromatic rings. The summed E-state index contributed by atoms with van der Waals surface area (Å²) in [5.74, 6) is 3.19. The molecule has 6 heteroatoms. The van der Waals surface area contributed by atoms with Crippen molar-refractivity contribution in [1.82, 2.24) is 9.97 Å². The molecule has 0 atom stereocenters. The molecule has 50 heavy (non-hydrogen) atoms. The van der Waals surface area contributed by atoms with E-state index < -0.39 is 0 Å². The molecule has 0 spiro atoms. The van der Waals surface area contributed by atoms with Crippen LogP contribution in [0, 0.1) is 27.7 Å². The highest BCUT2D eigenvalue weighted by Gasteiger charge is 2.26. The minimum atomic E-state index is -0.288. The summed E-state index contributed by atoms with van der Waals surface area (Å²) >= 11 is 0. The van der Waals surface area contributed by atoms with Gasteiger partial charge in [-0.15, -0.1) is 0 Å². The number of aromatic hydroxyl groups is 2. The molecular formula is C44H44N2O4. The van der Waals surface area contributed by atoms with Crippen LogP contribution in [0.2, 0.25) is 0 Å². The second-order valence-electron chi connectivity index (χ2n) is 14.2. The van der Waals surface area contributed by atoms with Crippen LogP contribution in [0.1, 0.15) is 72.2 Å². The molecule has 2 N–H and O–H groups in total. The van der Waals surface area contributed by atoms with Gasteiger partial charge in [0.05, 0.1) is 6.07 Å². The van der Waals surface area contributed by atoms with Crippen LogP contribution in [0.5, 0.6) is 34.8 Å². The quantitative estimate of drug-likeness (QED) is 0.160. The monoisotopic (exact) mass is 664 g/mol. The van der Waals surface area contributed by atoms with Crippen LogP contribution < -0.4 is 9.47 Å². The van der Waals surface area contributed by atoms with E-state index in [9.17, 15) is 10.2 Å². The predicted octanol–water partition coefficient (Wildman–Crippen LogP) is 11.0. The van der Waals surface area contributed by atoms with Crippen molar-refractivity contribution in [2.24, 2.45) is 0 Å². The Morgan fingerprint density at radius 2 is 0.840 bits per heavy atom. The molecular weight excluding hydrogens is 620 g/mol. The van der Waals surface area contributed by atoms with Crippen molar-refractivity contribution in [2.75, 3.05) is 0 Å². The largest absolute Gasteiger partial charge is 0.508 e. The predicted molar refractivity (Wildman–Crippen MR) is 200 cm³/mol. The van der Waals surface area contributed by atoms with Gasteiger partial charge in [0.15, 0.2) is 5.82 Å². The molecule has 0 radical (unpaired) electrons. The molecule has 254 valence electrons. The lowest BCUT2D eigenvalue weighted by atomic mass is 9.77. The van der Waals surface area contributed by atoms with Crippen LogP contribution in [0.25, 0.3) is 11.4 Å². The van der Waals surface area contributed by atoms with Crippen molar-refractivity contribution >= 4 is 0 Å².